The molecular weight excluding hydrogens is 230 g/mol. The van der Waals surface area contributed by atoms with Crippen LogP contribution in [-0.2, 0) is 11.3 Å². The molecular formula is C13H25N3O2. The molecule has 0 saturated heterocycles. The average Bonchev–Trinajstić information content (AvgIpc) is 2.77. The van der Waals surface area contributed by atoms with E-state index in [4.69, 9.17) is 9.15 Å². The highest BCUT2D eigenvalue weighted by Gasteiger charge is 2.08. The predicted molar refractivity (Wildman–Crippen MR) is 72.8 cm³/mol. The van der Waals surface area contributed by atoms with E-state index in [-0.39, 0.29) is 0 Å². The van der Waals surface area contributed by atoms with Gasteiger partial charge in [-0.1, -0.05) is 13.8 Å². The van der Waals surface area contributed by atoms with E-state index in [0.29, 0.717) is 18.5 Å². The van der Waals surface area contributed by atoms with E-state index in [2.05, 4.69) is 24.1 Å². The van der Waals surface area contributed by atoms with Gasteiger partial charge in [0.15, 0.2) is 0 Å². The summed E-state index contributed by atoms with van der Waals surface area (Å²) in [4.78, 5) is 6.39. The normalized spacial score (nSPS) is 11.2. The second-order valence-corrected chi connectivity index (χ2v) is 4.76. The number of nitrogens with one attached hydrogen (secondary N) is 1. The maximum Gasteiger partial charge on any atom is 0.297 e. The smallest absolute Gasteiger partial charge is 0.297 e. The van der Waals surface area contributed by atoms with Crippen LogP contribution < -0.4 is 10.2 Å². The molecule has 18 heavy (non-hydrogen) atoms. The molecule has 5 nitrogen and oxygen atoms in total. The van der Waals surface area contributed by atoms with Gasteiger partial charge in [-0.25, -0.2) is 0 Å². The van der Waals surface area contributed by atoms with Crippen LogP contribution in [0.15, 0.2) is 10.7 Å². The van der Waals surface area contributed by atoms with Crippen molar-refractivity contribution in [3.8, 4) is 0 Å². The number of rotatable bonds is 9. The highest BCUT2D eigenvalue weighted by atomic mass is 16.5. The molecule has 0 aromatic carbocycles. The number of ether oxygens (including phenoxy) is 1. The summed E-state index contributed by atoms with van der Waals surface area (Å²) in [6.45, 7) is 10.3. The van der Waals surface area contributed by atoms with Crippen molar-refractivity contribution in [1.82, 2.24) is 10.3 Å². The van der Waals surface area contributed by atoms with Gasteiger partial charge in [0.05, 0.1) is 12.3 Å². The Balaban J connectivity index is 2.32. The number of aromatic nitrogens is 1. The molecule has 0 bridgehead atoms. The van der Waals surface area contributed by atoms with Gasteiger partial charge in [0.1, 0.15) is 6.26 Å². The number of nitrogens with zero attached hydrogens (tertiary/aromatic N) is 2. The standard InChI is InChI=1S/C13H25N3O2/c1-5-17-7-6-16(4)13-15-12(10-18-13)9-14-8-11(2)3/h10-11,14H,5-9H2,1-4H3. The van der Waals surface area contributed by atoms with E-state index in [9.17, 15) is 0 Å². The second kappa shape index (κ2) is 8.11. The zero-order valence-corrected chi connectivity index (χ0v) is 11.9. The van der Waals surface area contributed by atoms with Gasteiger partial charge in [-0.05, 0) is 19.4 Å². The molecule has 104 valence electrons. The van der Waals surface area contributed by atoms with Crippen molar-refractivity contribution in [3.05, 3.63) is 12.0 Å². The summed E-state index contributed by atoms with van der Waals surface area (Å²) in [6, 6.07) is 0.649. The molecule has 0 saturated carbocycles. The van der Waals surface area contributed by atoms with Gasteiger partial charge in [-0.2, -0.15) is 4.98 Å². The molecule has 1 aromatic rings. The summed E-state index contributed by atoms with van der Waals surface area (Å²) < 4.78 is 10.7. The first-order valence-electron chi connectivity index (χ1n) is 6.57. The summed E-state index contributed by atoms with van der Waals surface area (Å²) in [7, 11) is 1.95. The van der Waals surface area contributed by atoms with E-state index in [1.807, 2.05) is 18.9 Å². The van der Waals surface area contributed by atoms with E-state index in [1.165, 1.54) is 0 Å². The molecule has 0 aliphatic carbocycles. The van der Waals surface area contributed by atoms with Gasteiger partial charge in [0, 0.05) is 26.7 Å². The van der Waals surface area contributed by atoms with E-state index >= 15 is 0 Å². The Morgan fingerprint density at radius 1 is 1.50 bits per heavy atom. The Bertz CT molecular complexity index is 326. The van der Waals surface area contributed by atoms with Crippen LogP contribution >= 0.6 is 0 Å². The van der Waals surface area contributed by atoms with Crippen LogP contribution in [0.4, 0.5) is 6.01 Å². The fourth-order valence-electron chi connectivity index (χ4n) is 1.48. The number of hydrogen-bond donors (Lipinski definition) is 1. The first-order valence-corrected chi connectivity index (χ1v) is 6.57. The minimum atomic E-state index is 0.644. The lowest BCUT2D eigenvalue weighted by molar-refractivity contribution is 0.154. The SMILES string of the molecule is CCOCCN(C)c1nc(CNCC(C)C)co1. The Kier molecular flexibility index (Phi) is 6.75. The fourth-order valence-corrected chi connectivity index (χ4v) is 1.48. The molecule has 0 spiro atoms. The van der Waals surface area contributed by atoms with Crippen molar-refractivity contribution in [2.24, 2.45) is 5.92 Å². The summed E-state index contributed by atoms with van der Waals surface area (Å²) in [5.74, 6) is 0.644. The van der Waals surface area contributed by atoms with Crippen LogP contribution in [0.1, 0.15) is 26.5 Å². The average molecular weight is 255 g/mol. The quantitative estimate of drug-likeness (QED) is 0.683. The topological polar surface area (TPSA) is 50.5 Å². The van der Waals surface area contributed by atoms with Gasteiger partial charge in [0.2, 0.25) is 0 Å². The van der Waals surface area contributed by atoms with E-state index in [0.717, 1.165) is 31.9 Å². The second-order valence-electron chi connectivity index (χ2n) is 4.76. The Morgan fingerprint density at radius 2 is 2.28 bits per heavy atom. The van der Waals surface area contributed by atoms with Crippen LogP contribution in [0.5, 0.6) is 0 Å². The molecule has 0 aliphatic rings. The lowest BCUT2D eigenvalue weighted by atomic mass is 10.2. The van der Waals surface area contributed by atoms with Crippen LogP contribution in [0.2, 0.25) is 0 Å². The Morgan fingerprint density at radius 3 is 2.94 bits per heavy atom. The number of likely N-dealkylation sites (N-methyl/N-ethyl adjacent to an activating group) is 1. The van der Waals surface area contributed by atoms with Crippen LogP contribution in [0.25, 0.3) is 0 Å². The molecule has 0 amide bonds. The van der Waals surface area contributed by atoms with Crippen molar-refractivity contribution < 1.29 is 9.15 Å². The fraction of sp³-hybridized carbons (Fsp3) is 0.769. The van der Waals surface area contributed by atoms with Crippen molar-refractivity contribution in [2.75, 3.05) is 38.3 Å². The van der Waals surface area contributed by atoms with Crippen LogP contribution in [0, 0.1) is 5.92 Å². The minimum absolute atomic E-state index is 0.644. The summed E-state index contributed by atoms with van der Waals surface area (Å²) in [6.07, 6.45) is 1.71. The maximum atomic E-state index is 5.43. The largest absolute Gasteiger partial charge is 0.432 e. The first-order chi connectivity index (χ1) is 8.63. The molecule has 1 rings (SSSR count). The monoisotopic (exact) mass is 255 g/mol. The van der Waals surface area contributed by atoms with Gasteiger partial charge in [-0.3, -0.25) is 0 Å². The van der Waals surface area contributed by atoms with Gasteiger partial charge >= 0.3 is 0 Å². The number of oxazole rings is 1. The maximum absolute atomic E-state index is 5.43. The van der Waals surface area contributed by atoms with E-state index < -0.39 is 0 Å². The molecule has 1 aromatic heterocycles. The number of hydrogen-bond acceptors (Lipinski definition) is 5. The van der Waals surface area contributed by atoms with Crippen molar-refractivity contribution in [2.45, 2.75) is 27.3 Å². The van der Waals surface area contributed by atoms with Gasteiger partial charge in [-0.15, -0.1) is 0 Å². The predicted octanol–water partition coefficient (Wildman–Crippen LogP) is 1.89. The zero-order valence-electron chi connectivity index (χ0n) is 11.9. The van der Waals surface area contributed by atoms with Gasteiger partial charge < -0.3 is 19.4 Å². The summed E-state index contributed by atoms with van der Waals surface area (Å²) in [5.41, 5.74) is 0.939. The third-order valence-corrected chi connectivity index (χ3v) is 2.50. The molecule has 1 N–H and O–H groups in total. The lowest BCUT2D eigenvalue weighted by Gasteiger charge is -2.13. The van der Waals surface area contributed by atoms with Crippen molar-refractivity contribution in [3.63, 3.8) is 0 Å². The molecule has 0 fully saturated rings. The number of anilines is 1. The molecule has 0 radical (unpaired) electrons. The summed E-state index contributed by atoms with van der Waals surface area (Å²) >= 11 is 0. The van der Waals surface area contributed by atoms with Crippen molar-refractivity contribution in [1.29, 1.82) is 0 Å². The third-order valence-electron chi connectivity index (χ3n) is 2.50. The highest BCUT2D eigenvalue weighted by molar-refractivity contribution is 5.24. The highest BCUT2D eigenvalue weighted by Crippen LogP contribution is 2.11. The molecule has 0 aliphatic heterocycles. The summed E-state index contributed by atoms with van der Waals surface area (Å²) in [5, 5.41) is 3.34. The van der Waals surface area contributed by atoms with Crippen LogP contribution in [-0.4, -0.2) is 38.3 Å². The molecule has 5 heteroatoms. The Hall–Kier alpha value is -1.07. The zero-order chi connectivity index (χ0) is 13.4. The van der Waals surface area contributed by atoms with Gasteiger partial charge in [0.25, 0.3) is 6.01 Å². The van der Waals surface area contributed by atoms with E-state index in [1.54, 1.807) is 6.26 Å². The first kappa shape index (κ1) is 15.0. The minimum Gasteiger partial charge on any atom is -0.432 e. The molecule has 0 atom stereocenters. The lowest BCUT2D eigenvalue weighted by Crippen LogP contribution is -2.23. The Labute approximate surface area is 110 Å². The van der Waals surface area contributed by atoms with Crippen LogP contribution in [0.3, 0.4) is 0 Å². The molecule has 0 unspecified atom stereocenters. The van der Waals surface area contributed by atoms with Crippen molar-refractivity contribution >= 4 is 6.01 Å². The molecule has 1 heterocycles. The third kappa shape index (κ3) is 5.51.